The third-order valence-electron chi connectivity index (χ3n) is 3.41. The number of anilines is 1. The number of benzene rings is 2. The summed E-state index contributed by atoms with van der Waals surface area (Å²) in [5, 5.41) is 12.1. The number of hydrogen-bond donors (Lipinski definition) is 2. The second-order valence-electron chi connectivity index (χ2n) is 5.44. The monoisotopic (exact) mass is 438 g/mol. The molecule has 0 saturated carbocycles. The lowest BCUT2D eigenvalue weighted by Gasteiger charge is -2.08. The van der Waals surface area contributed by atoms with Gasteiger partial charge in [0.1, 0.15) is 22.9 Å². The van der Waals surface area contributed by atoms with E-state index in [2.05, 4.69) is 15.5 Å². The largest absolute Gasteiger partial charge is 0.436 e. The highest BCUT2D eigenvalue weighted by Gasteiger charge is 2.19. The second kappa shape index (κ2) is 8.80. The normalized spacial score (nSPS) is 10.3. The number of amides is 3. The van der Waals surface area contributed by atoms with E-state index in [1.807, 2.05) is 0 Å². The highest BCUT2D eigenvalue weighted by molar-refractivity contribution is 6.35. The predicted molar refractivity (Wildman–Crippen MR) is 101 cm³/mol. The van der Waals surface area contributed by atoms with Crippen LogP contribution in [-0.4, -0.2) is 22.1 Å². The summed E-state index contributed by atoms with van der Waals surface area (Å²) < 4.78 is 32.6. The van der Waals surface area contributed by atoms with Crippen LogP contribution in [0.5, 0.6) is 11.6 Å². The van der Waals surface area contributed by atoms with Crippen molar-refractivity contribution in [3.8, 4) is 11.6 Å². The van der Waals surface area contributed by atoms with Gasteiger partial charge in [-0.05, 0) is 36.4 Å². The SMILES string of the molecule is O=C(NC(=O)c1c(F)cccc1F)Nc1ccc(Oc2ccc(Cl)cc2Cl)nn1. The lowest BCUT2D eigenvalue weighted by atomic mass is 10.2. The van der Waals surface area contributed by atoms with Crippen LogP contribution in [0.15, 0.2) is 48.5 Å². The maximum absolute atomic E-state index is 13.6. The molecule has 2 aromatic carbocycles. The van der Waals surface area contributed by atoms with Crippen molar-refractivity contribution in [2.45, 2.75) is 0 Å². The summed E-state index contributed by atoms with van der Waals surface area (Å²) in [5.41, 5.74) is -0.877. The Morgan fingerprint density at radius 3 is 2.31 bits per heavy atom. The Bertz CT molecular complexity index is 1060. The Morgan fingerprint density at radius 1 is 0.966 bits per heavy atom. The van der Waals surface area contributed by atoms with Crippen LogP contribution < -0.4 is 15.4 Å². The molecule has 0 saturated heterocycles. The molecule has 3 rings (SSSR count). The van der Waals surface area contributed by atoms with Gasteiger partial charge in [0.15, 0.2) is 5.82 Å². The van der Waals surface area contributed by atoms with E-state index in [1.54, 1.807) is 17.4 Å². The quantitative estimate of drug-likeness (QED) is 0.609. The Hall–Kier alpha value is -3.30. The van der Waals surface area contributed by atoms with Gasteiger partial charge < -0.3 is 4.74 Å². The summed E-state index contributed by atoms with van der Waals surface area (Å²) in [6.45, 7) is 0. The average Bonchev–Trinajstić information content (AvgIpc) is 2.65. The molecular formula is C18H10Cl2F2N4O3. The maximum atomic E-state index is 13.6. The first-order valence-corrected chi connectivity index (χ1v) is 8.62. The number of carbonyl (C=O) groups is 2. The van der Waals surface area contributed by atoms with Gasteiger partial charge in [-0.3, -0.25) is 15.4 Å². The Morgan fingerprint density at radius 2 is 1.69 bits per heavy atom. The molecule has 0 aliphatic rings. The fraction of sp³-hybridized carbons (Fsp3) is 0. The molecule has 29 heavy (non-hydrogen) atoms. The van der Waals surface area contributed by atoms with E-state index in [-0.39, 0.29) is 16.7 Å². The zero-order valence-electron chi connectivity index (χ0n) is 14.2. The summed E-state index contributed by atoms with van der Waals surface area (Å²) in [6.07, 6.45) is 0. The molecule has 1 heterocycles. The van der Waals surface area contributed by atoms with Crippen molar-refractivity contribution < 1.29 is 23.1 Å². The fourth-order valence-electron chi connectivity index (χ4n) is 2.14. The zero-order valence-corrected chi connectivity index (χ0v) is 15.8. The van der Waals surface area contributed by atoms with Gasteiger partial charge >= 0.3 is 6.03 Å². The Kier molecular flexibility index (Phi) is 6.20. The van der Waals surface area contributed by atoms with E-state index < -0.39 is 29.1 Å². The van der Waals surface area contributed by atoms with Gasteiger partial charge in [-0.25, -0.2) is 13.6 Å². The number of carbonyl (C=O) groups excluding carboxylic acids is 2. The predicted octanol–water partition coefficient (Wildman–Crippen LogP) is 4.82. The summed E-state index contributed by atoms with van der Waals surface area (Å²) in [6, 6.07) is 9.15. The number of nitrogens with one attached hydrogen (secondary N) is 2. The summed E-state index contributed by atoms with van der Waals surface area (Å²) in [7, 11) is 0. The van der Waals surface area contributed by atoms with E-state index in [0.717, 1.165) is 18.2 Å². The third-order valence-corrected chi connectivity index (χ3v) is 3.94. The number of urea groups is 1. The minimum atomic E-state index is -1.25. The number of hydrogen-bond acceptors (Lipinski definition) is 5. The second-order valence-corrected chi connectivity index (χ2v) is 6.28. The van der Waals surface area contributed by atoms with Gasteiger partial charge in [0.2, 0.25) is 5.88 Å². The molecule has 0 unspecified atom stereocenters. The molecule has 0 spiro atoms. The van der Waals surface area contributed by atoms with Crippen molar-refractivity contribution in [1.82, 2.24) is 15.5 Å². The molecule has 1 aromatic heterocycles. The number of halogens is 4. The first-order chi connectivity index (χ1) is 13.8. The highest BCUT2D eigenvalue weighted by Crippen LogP contribution is 2.30. The van der Waals surface area contributed by atoms with Crippen LogP contribution in [0.2, 0.25) is 10.0 Å². The van der Waals surface area contributed by atoms with Crippen molar-refractivity contribution >= 4 is 41.0 Å². The number of ether oxygens (including phenoxy) is 1. The Balaban J connectivity index is 1.62. The first-order valence-electron chi connectivity index (χ1n) is 7.86. The van der Waals surface area contributed by atoms with Crippen LogP contribution in [0.3, 0.4) is 0 Å². The Labute approximate surface area is 172 Å². The highest BCUT2D eigenvalue weighted by atomic mass is 35.5. The van der Waals surface area contributed by atoms with Crippen LogP contribution in [0.1, 0.15) is 10.4 Å². The van der Waals surface area contributed by atoms with Crippen LogP contribution >= 0.6 is 23.2 Å². The molecular weight excluding hydrogens is 429 g/mol. The maximum Gasteiger partial charge on any atom is 0.327 e. The van der Waals surface area contributed by atoms with E-state index in [9.17, 15) is 18.4 Å². The van der Waals surface area contributed by atoms with Crippen LogP contribution in [0.25, 0.3) is 0 Å². The van der Waals surface area contributed by atoms with E-state index in [1.165, 1.54) is 18.2 Å². The standard InChI is InChI=1S/C18H10Cl2F2N4O3/c19-9-4-5-13(10(20)8-9)29-15-7-6-14(25-26-15)23-18(28)24-17(27)16-11(21)2-1-3-12(16)22/h1-8H,(H2,23,24,25,27,28). The number of aromatic nitrogens is 2. The molecule has 3 amide bonds. The van der Waals surface area contributed by atoms with Gasteiger partial charge in [-0.1, -0.05) is 29.3 Å². The molecule has 7 nitrogen and oxygen atoms in total. The topological polar surface area (TPSA) is 93.2 Å². The molecule has 0 bridgehead atoms. The van der Waals surface area contributed by atoms with E-state index >= 15 is 0 Å². The van der Waals surface area contributed by atoms with Crippen molar-refractivity contribution in [3.63, 3.8) is 0 Å². The summed E-state index contributed by atoms with van der Waals surface area (Å²) in [4.78, 5) is 23.7. The summed E-state index contributed by atoms with van der Waals surface area (Å²) in [5.74, 6) is -3.12. The van der Waals surface area contributed by atoms with E-state index in [0.29, 0.717) is 10.8 Å². The number of imide groups is 1. The van der Waals surface area contributed by atoms with Gasteiger partial charge in [0.25, 0.3) is 5.91 Å². The molecule has 3 aromatic rings. The minimum absolute atomic E-state index is 0.0427. The smallest absolute Gasteiger partial charge is 0.327 e. The van der Waals surface area contributed by atoms with Gasteiger partial charge in [-0.15, -0.1) is 10.2 Å². The summed E-state index contributed by atoms with van der Waals surface area (Å²) >= 11 is 11.8. The number of nitrogens with zero attached hydrogens (tertiary/aromatic N) is 2. The van der Waals surface area contributed by atoms with Crippen LogP contribution in [0.4, 0.5) is 19.4 Å². The first kappa shape index (κ1) is 20.4. The van der Waals surface area contributed by atoms with Crippen molar-refractivity contribution in [1.29, 1.82) is 0 Å². The lowest BCUT2D eigenvalue weighted by molar-refractivity contribution is 0.0959. The lowest BCUT2D eigenvalue weighted by Crippen LogP contribution is -2.35. The van der Waals surface area contributed by atoms with E-state index in [4.69, 9.17) is 27.9 Å². The van der Waals surface area contributed by atoms with Gasteiger partial charge in [-0.2, -0.15) is 0 Å². The molecule has 0 aliphatic carbocycles. The molecule has 0 atom stereocenters. The van der Waals surface area contributed by atoms with Gasteiger partial charge in [0.05, 0.1) is 5.02 Å². The molecule has 11 heteroatoms. The molecule has 2 N–H and O–H groups in total. The van der Waals surface area contributed by atoms with Crippen molar-refractivity contribution in [3.05, 3.63) is 75.8 Å². The third kappa shape index (κ3) is 5.15. The van der Waals surface area contributed by atoms with Crippen molar-refractivity contribution in [2.75, 3.05) is 5.32 Å². The molecule has 0 radical (unpaired) electrons. The fourth-order valence-corrected chi connectivity index (χ4v) is 2.59. The molecule has 148 valence electrons. The average molecular weight is 439 g/mol. The van der Waals surface area contributed by atoms with Crippen LogP contribution in [-0.2, 0) is 0 Å². The zero-order chi connectivity index (χ0) is 21.0. The molecule has 0 fully saturated rings. The minimum Gasteiger partial charge on any atom is -0.436 e. The van der Waals surface area contributed by atoms with Crippen molar-refractivity contribution in [2.24, 2.45) is 0 Å². The number of rotatable bonds is 4. The molecule has 0 aliphatic heterocycles. The van der Waals surface area contributed by atoms with Gasteiger partial charge in [0, 0.05) is 11.1 Å². The van der Waals surface area contributed by atoms with Crippen LogP contribution in [0, 0.1) is 11.6 Å².